The molecule has 0 bridgehead atoms. The number of aromatic nitrogens is 2. The van der Waals surface area contributed by atoms with Crippen LogP contribution in [0, 0.1) is 15.9 Å². The van der Waals surface area contributed by atoms with Gasteiger partial charge in [0.15, 0.2) is 0 Å². The predicted octanol–water partition coefficient (Wildman–Crippen LogP) is 3.98. The van der Waals surface area contributed by atoms with Gasteiger partial charge in [-0.3, -0.25) is 15.0 Å². The number of halogens is 1. The van der Waals surface area contributed by atoms with E-state index in [0.29, 0.717) is 23.9 Å². The number of rotatable bonds is 6. The topological polar surface area (TPSA) is 85.3 Å². The molecule has 7 nitrogen and oxygen atoms in total. The fraction of sp³-hybridized carbons (Fsp3) is 0.222. The minimum atomic E-state index is -0.466. The molecule has 1 aromatic heterocycles. The van der Waals surface area contributed by atoms with Gasteiger partial charge in [0.2, 0.25) is 11.8 Å². The van der Waals surface area contributed by atoms with Crippen molar-refractivity contribution in [1.29, 1.82) is 0 Å². The van der Waals surface area contributed by atoms with E-state index in [9.17, 15) is 14.5 Å². The molecule has 26 heavy (non-hydrogen) atoms. The first-order valence-electron chi connectivity index (χ1n) is 7.97. The van der Waals surface area contributed by atoms with E-state index in [1.54, 1.807) is 18.2 Å². The highest BCUT2D eigenvalue weighted by Crippen LogP contribution is 2.25. The van der Waals surface area contributed by atoms with Crippen molar-refractivity contribution in [2.45, 2.75) is 19.5 Å². The van der Waals surface area contributed by atoms with Gasteiger partial charge in [0.1, 0.15) is 5.82 Å². The highest BCUT2D eigenvalue weighted by atomic mass is 19.1. The van der Waals surface area contributed by atoms with Crippen LogP contribution >= 0.6 is 0 Å². The van der Waals surface area contributed by atoms with Gasteiger partial charge in [-0.25, -0.2) is 4.39 Å². The Balaban J connectivity index is 1.72. The van der Waals surface area contributed by atoms with Gasteiger partial charge in [0.25, 0.3) is 5.69 Å². The average molecular weight is 356 g/mol. The third-order valence-electron chi connectivity index (χ3n) is 4.11. The Hall–Kier alpha value is -3.13. The van der Waals surface area contributed by atoms with Crippen LogP contribution in [0.5, 0.6) is 0 Å². The van der Waals surface area contributed by atoms with Crippen molar-refractivity contribution >= 4 is 5.69 Å². The Bertz CT molecular complexity index is 911. The van der Waals surface area contributed by atoms with Crippen LogP contribution in [0.3, 0.4) is 0 Å². The summed E-state index contributed by atoms with van der Waals surface area (Å²) in [4.78, 5) is 12.2. The van der Waals surface area contributed by atoms with Gasteiger partial charge in [0, 0.05) is 24.2 Å². The van der Waals surface area contributed by atoms with Crippen LogP contribution in [0.15, 0.2) is 52.9 Å². The number of hydrogen-bond acceptors (Lipinski definition) is 6. The van der Waals surface area contributed by atoms with E-state index >= 15 is 0 Å². The largest absolute Gasteiger partial charge is 0.419 e. The number of nitrogens with zero attached hydrogens (tertiary/aromatic N) is 4. The Labute approximate surface area is 149 Å². The zero-order chi connectivity index (χ0) is 18.7. The molecule has 1 heterocycles. The smallest absolute Gasteiger partial charge is 0.269 e. The summed E-state index contributed by atoms with van der Waals surface area (Å²) in [6.45, 7) is 2.43. The molecule has 0 spiro atoms. The van der Waals surface area contributed by atoms with Crippen molar-refractivity contribution in [3.05, 3.63) is 75.9 Å². The van der Waals surface area contributed by atoms with Gasteiger partial charge in [-0.2, -0.15) is 0 Å². The highest BCUT2D eigenvalue weighted by molar-refractivity contribution is 5.55. The SMILES string of the molecule is C[C@H](c1nnc(-c2ccc([N+](=O)[O-])cc2)o1)N(C)Cc1cccc(F)c1. The molecule has 0 unspecified atom stereocenters. The van der Waals surface area contributed by atoms with Crippen molar-refractivity contribution in [1.82, 2.24) is 15.1 Å². The molecule has 0 fully saturated rings. The summed E-state index contributed by atoms with van der Waals surface area (Å²) < 4.78 is 19.0. The Kier molecular flexibility index (Phi) is 5.04. The third kappa shape index (κ3) is 3.92. The minimum Gasteiger partial charge on any atom is -0.419 e. The second-order valence-corrected chi connectivity index (χ2v) is 5.97. The molecule has 8 heteroatoms. The van der Waals surface area contributed by atoms with Crippen LogP contribution in [0.25, 0.3) is 11.5 Å². The van der Waals surface area contributed by atoms with E-state index in [2.05, 4.69) is 10.2 Å². The summed E-state index contributed by atoms with van der Waals surface area (Å²) in [6, 6.07) is 12.1. The fourth-order valence-corrected chi connectivity index (χ4v) is 2.49. The van der Waals surface area contributed by atoms with E-state index < -0.39 is 4.92 Å². The number of hydrogen-bond donors (Lipinski definition) is 0. The molecule has 2 aromatic carbocycles. The summed E-state index contributed by atoms with van der Waals surface area (Å²) in [7, 11) is 1.88. The molecular weight excluding hydrogens is 339 g/mol. The monoisotopic (exact) mass is 356 g/mol. The lowest BCUT2D eigenvalue weighted by Gasteiger charge is -2.21. The van der Waals surface area contributed by atoms with E-state index in [4.69, 9.17) is 4.42 Å². The zero-order valence-corrected chi connectivity index (χ0v) is 14.3. The molecular formula is C18H17FN4O3. The number of benzene rings is 2. The van der Waals surface area contributed by atoms with Crippen molar-refractivity contribution in [2.75, 3.05) is 7.05 Å². The maximum Gasteiger partial charge on any atom is 0.269 e. The van der Waals surface area contributed by atoms with Gasteiger partial charge < -0.3 is 4.42 Å². The van der Waals surface area contributed by atoms with Crippen molar-refractivity contribution in [3.8, 4) is 11.5 Å². The van der Waals surface area contributed by atoms with Crippen molar-refractivity contribution in [3.63, 3.8) is 0 Å². The quantitative estimate of drug-likeness (QED) is 0.491. The molecule has 0 radical (unpaired) electrons. The van der Waals surface area contributed by atoms with Gasteiger partial charge >= 0.3 is 0 Å². The van der Waals surface area contributed by atoms with Crippen LogP contribution in [0.2, 0.25) is 0 Å². The normalized spacial score (nSPS) is 12.3. The molecule has 134 valence electrons. The highest BCUT2D eigenvalue weighted by Gasteiger charge is 2.19. The second-order valence-electron chi connectivity index (χ2n) is 5.97. The zero-order valence-electron chi connectivity index (χ0n) is 14.3. The molecule has 0 saturated carbocycles. The van der Waals surface area contributed by atoms with Crippen LogP contribution in [-0.4, -0.2) is 27.1 Å². The van der Waals surface area contributed by atoms with Crippen molar-refractivity contribution in [2.24, 2.45) is 0 Å². The summed E-state index contributed by atoms with van der Waals surface area (Å²) in [5.41, 5.74) is 1.44. The second kappa shape index (κ2) is 7.40. The molecule has 0 amide bonds. The summed E-state index contributed by atoms with van der Waals surface area (Å²) in [5.74, 6) is 0.431. The molecule has 0 saturated heterocycles. The molecule has 0 aliphatic rings. The first kappa shape index (κ1) is 17.7. The Morgan fingerprint density at radius 1 is 1.23 bits per heavy atom. The van der Waals surface area contributed by atoms with Crippen LogP contribution < -0.4 is 0 Å². The van der Waals surface area contributed by atoms with Crippen molar-refractivity contribution < 1.29 is 13.7 Å². The first-order chi connectivity index (χ1) is 12.4. The van der Waals surface area contributed by atoms with Crippen LogP contribution in [-0.2, 0) is 6.54 Å². The summed E-state index contributed by atoms with van der Waals surface area (Å²) in [5, 5.41) is 18.8. The van der Waals surface area contributed by atoms with E-state index in [0.717, 1.165) is 5.56 Å². The van der Waals surface area contributed by atoms with E-state index in [-0.39, 0.29) is 17.5 Å². The average Bonchev–Trinajstić information content (AvgIpc) is 3.11. The van der Waals surface area contributed by atoms with Gasteiger partial charge in [-0.05, 0) is 43.8 Å². The van der Waals surface area contributed by atoms with E-state index in [1.165, 1.54) is 24.3 Å². The van der Waals surface area contributed by atoms with Gasteiger partial charge in [-0.15, -0.1) is 10.2 Å². The number of nitro groups is 1. The van der Waals surface area contributed by atoms with Crippen LogP contribution in [0.4, 0.5) is 10.1 Å². The lowest BCUT2D eigenvalue weighted by Crippen LogP contribution is -2.22. The number of non-ortho nitro benzene ring substituents is 1. The van der Waals surface area contributed by atoms with Crippen LogP contribution in [0.1, 0.15) is 24.4 Å². The molecule has 0 aliphatic carbocycles. The lowest BCUT2D eigenvalue weighted by molar-refractivity contribution is -0.384. The molecule has 3 aromatic rings. The minimum absolute atomic E-state index is 0.00307. The standard InChI is InChI=1S/C18H17FN4O3/c1-12(22(2)11-13-4-3-5-15(19)10-13)17-20-21-18(26-17)14-6-8-16(9-7-14)23(24)25/h3-10,12H,11H2,1-2H3/t12-/m1/s1. The predicted molar refractivity (Wildman–Crippen MR) is 92.7 cm³/mol. The third-order valence-corrected chi connectivity index (χ3v) is 4.11. The maximum atomic E-state index is 13.3. The van der Waals surface area contributed by atoms with Gasteiger partial charge in [-0.1, -0.05) is 12.1 Å². The summed E-state index contributed by atoms with van der Waals surface area (Å²) >= 11 is 0. The summed E-state index contributed by atoms with van der Waals surface area (Å²) in [6.07, 6.45) is 0. The Morgan fingerprint density at radius 2 is 1.96 bits per heavy atom. The number of nitro benzene ring substituents is 1. The lowest BCUT2D eigenvalue weighted by atomic mass is 10.2. The van der Waals surface area contributed by atoms with Gasteiger partial charge in [0.05, 0.1) is 11.0 Å². The Morgan fingerprint density at radius 3 is 2.62 bits per heavy atom. The molecule has 1 atom stereocenters. The first-order valence-corrected chi connectivity index (χ1v) is 7.97. The molecule has 3 rings (SSSR count). The molecule has 0 aliphatic heterocycles. The molecule has 0 N–H and O–H groups in total. The van der Waals surface area contributed by atoms with E-state index in [1.807, 2.05) is 24.9 Å². The maximum absolute atomic E-state index is 13.3. The fourth-order valence-electron chi connectivity index (χ4n) is 2.49.